The Morgan fingerprint density at radius 1 is 0.947 bits per heavy atom. The Balaban J connectivity index is 2.20. The Morgan fingerprint density at radius 3 is 2.26 bits per heavy atom. The molecule has 0 aromatic heterocycles. The number of anilines is 1. The summed E-state index contributed by atoms with van der Waals surface area (Å²) in [6.45, 7) is 0. The second-order valence-electron chi connectivity index (χ2n) is 4.23. The predicted molar refractivity (Wildman–Crippen MR) is 76.2 cm³/mol. The Bertz CT molecular complexity index is 589. The molecule has 19 heavy (non-hydrogen) atoms. The summed E-state index contributed by atoms with van der Waals surface area (Å²) in [6.07, 6.45) is 1.85. The molecule has 0 unspecified atom stereocenters. The smallest absolute Gasteiger partial charge is 0.235 e. The van der Waals surface area contributed by atoms with E-state index < -0.39 is 0 Å². The highest BCUT2D eigenvalue weighted by molar-refractivity contribution is 5.82. The molecule has 0 amide bonds. The van der Waals surface area contributed by atoms with Crippen molar-refractivity contribution in [1.29, 1.82) is 0 Å². The summed E-state index contributed by atoms with van der Waals surface area (Å²) in [5.41, 5.74) is 2.78. The molecule has 0 bridgehead atoms. The maximum atomic E-state index is 10.7. The van der Waals surface area contributed by atoms with E-state index in [9.17, 15) is 4.79 Å². The molecule has 2 aromatic rings. The number of azo groups is 1. The zero-order valence-corrected chi connectivity index (χ0v) is 10.9. The average molecular weight is 252 g/mol. The van der Waals surface area contributed by atoms with Gasteiger partial charge in [-0.2, -0.15) is 5.11 Å². The van der Waals surface area contributed by atoms with Crippen LogP contribution in [0.5, 0.6) is 0 Å². The second kappa shape index (κ2) is 5.91. The molecule has 2 aromatic carbocycles. The number of rotatable bonds is 4. The first kappa shape index (κ1) is 13.0. The van der Waals surface area contributed by atoms with Gasteiger partial charge in [0.1, 0.15) is 0 Å². The average Bonchev–Trinajstić information content (AvgIpc) is 2.45. The Morgan fingerprint density at radius 2 is 1.63 bits per heavy atom. The predicted octanol–water partition coefficient (Wildman–Crippen LogP) is 3.63. The van der Waals surface area contributed by atoms with E-state index in [0.717, 1.165) is 11.4 Å². The van der Waals surface area contributed by atoms with Gasteiger partial charge in [-0.25, -0.2) is 0 Å². The van der Waals surface area contributed by atoms with Crippen LogP contribution in [0.25, 0.3) is 0 Å². The molecule has 0 N–H and O–H groups in total. The van der Waals surface area contributed by atoms with Gasteiger partial charge in [-0.1, -0.05) is 12.1 Å². The second-order valence-corrected chi connectivity index (χ2v) is 4.23. The summed E-state index contributed by atoms with van der Waals surface area (Å²) < 4.78 is 0. The third-order valence-corrected chi connectivity index (χ3v) is 2.65. The summed E-state index contributed by atoms with van der Waals surface area (Å²) in [5.74, 6) is 0. The highest BCUT2D eigenvalue weighted by atomic mass is 16.1. The quantitative estimate of drug-likeness (QED) is 0.780. The van der Waals surface area contributed by atoms with Crippen LogP contribution in [0.1, 0.15) is 5.56 Å². The molecule has 0 aliphatic heterocycles. The van der Waals surface area contributed by atoms with Gasteiger partial charge in [0.2, 0.25) is 6.29 Å². The van der Waals surface area contributed by atoms with Crippen molar-refractivity contribution >= 4 is 23.3 Å². The van der Waals surface area contributed by atoms with Crippen LogP contribution in [-0.4, -0.2) is 20.4 Å². The minimum Gasteiger partial charge on any atom is -0.378 e. The Hall–Kier alpha value is -2.49. The van der Waals surface area contributed by atoms with Crippen LogP contribution >= 0.6 is 0 Å². The molecule has 0 fully saturated rings. The van der Waals surface area contributed by atoms with E-state index in [1.165, 1.54) is 0 Å². The molecule has 0 aliphatic carbocycles. The summed E-state index contributed by atoms with van der Waals surface area (Å²) in [5, 5.41) is 8.18. The lowest BCUT2D eigenvalue weighted by Crippen LogP contribution is -2.07. The summed E-state index contributed by atoms with van der Waals surface area (Å²) in [6, 6.07) is 14.7. The first-order chi connectivity index (χ1) is 9.20. The Labute approximate surface area is 112 Å². The lowest BCUT2D eigenvalue weighted by Gasteiger charge is -2.11. The van der Waals surface area contributed by atoms with Crippen molar-refractivity contribution in [3.05, 3.63) is 54.1 Å². The summed E-state index contributed by atoms with van der Waals surface area (Å²) in [4.78, 5) is 12.7. The fraction of sp³-hybridized carbons (Fsp3) is 0.133. The third kappa shape index (κ3) is 3.25. The van der Waals surface area contributed by atoms with Gasteiger partial charge in [0, 0.05) is 19.8 Å². The maximum absolute atomic E-state index is 10.7. The van der Waals surface area contributed by atoms with Gasteiger partial charge in [0.25, 0.3) is 0 Å². The van der Waals surface area contributed by atoms with Crippen LogP contribution in [0.2, 0.25) is 0 Å². The molecule has 0 aliphatic rings. The molecule has 4 nitrogen and oxygen atoms in total. The van der Waals surface area contributed by atoms with Crippen LogP contribution in [0.4, 0.5) is 17.1 Å². The van der Waals surface area contributed by atoms with E-state index in [1.54, 1.807) is 18.2 Å². The van der Waals surface area contributed by atoms with Crippen molar-refractivity contribution in [3.63, 3.8) is 0 Å². The van der Waals surface area contributed by atoms with Crippen LogP contribution in [0.3, 0.4) is 0 Å². The van der Waals surface area contributed by atoms with E-state index in [2.05, 4.69) is 10.2 Å². The molecule has 2 rings (SSSR count). The molecule has 1 radical (unpaired) electrons. The molecule has 0 saturated heterocycles. The number of benzene rings is 2. The van der Waals surface area contributed by atoms with Gasteiger partial charge in [0.15, 0.2) is 0 Å². The van der Waals surface area contributed by atoms with Crippen LogP contribution in [0, 0.1) is 0 Å². The van der Waals surface area contributed by atoms with Crippen LogP contribution in [-0.2, 0) is 4.79 Å². The highest BCUT2D eigenvalue weighted by Gasteiger charge is 1.99. The summed E-state index contributed by atoms with van der Waals surface area (Å²) in [7, 11) is 3.96. The maximum Gasteiger partial charge on any atom is 0.235 e. The zero-order valence-electron chi connectivity index (χ0n) is 10.9. The number of hydrogen-bond acceptors (Lipinski definition) is 4. The van der Waals surface area contributed by atoms with Crippen molar-refractivity contribution in [2.75, 3.05) is 19.0 Å². The van der Waals surface area contributed by atoms with Crippen molar-refractivity contribution < 1.29 is 4.79 Å². The van der Waals surface area contributed by atoms with Crippen LogP contribution in [0.15, 0.2) is 58.8 Å². The Kier molecular flexibility index (Phi) is 4.03. The zero-order chi connectivity index (χ0) is 13.7. The van der Waals surface area contributed by atoms with Gasteiger partial charge in [-0.15, -0.1) is 5.11 Å². The van der Waals surface area contributed by atoms with Gasteiger partial charge in [0.05, 0.1) is 16.9 Å². The number of hydrogen-bond donors (Lipinski definition) is 0. The fourth-order valence-corrected chi connectivity index (χ4v) is 1.58. The topological polar surface area (TPSA) is 45.0 Å². The van der Waals surface area contributed by atoms with E-state index in [4.69, 9.17) is 0 Å². The normalized spacial score (nSPS) is 10.6. The number of nitrogens with zero attached hydrogens (tertiary/aromatic N) is 3. The molecular weight excluding hydrogens is 238 g/mol. The SMILES string of the molecule is CN(C)c1ccc(/N=N/c2ccccc2[C]=O)cc1. The third-order valence-electron chi connectivity index (χ3n) is 2.65. The fourth-order valence-electron chi connectivity index (χ4n) is 1.58. The number of carbonyl (C=O) groups excluding carboxylic acids is 1. The molecule has 4 heteroatoms. The first-order valence-corrected chi connectivity index (χ1v) is 5.87. The van der Waals surface area contributed by atoms with Gasteiger partial charge in [-0.3, -0.25) is 4.79 Å². The van der Waals surface area contributed by atoms with Crippen molar-refractivity contribution in [2.24, 2.45) is 10.2 Å². The van der Waals surface area contributed by atoms with Crippen molar-refractivity contribution in [1.82, 2.24) is 0 Å². The molecule has 0 saturated carbocycles. The largest absolute Gasteiger partial charge is 0.378 e. The van der Waals surface area contributed by atoms with Gasteiger partial charge in [-0.05, 0) is 36.4 Å². The molecule has 0 spiro atoms. The molecule has 0 atom stereocenters. The standard InChI is InChI=1S/C15H14N3O/c1-18(2)14-9-7-13(8-10-14)16-17-15-6-4-3-5-12(15)11-19/h3-10H,1-2H3/b17-16+. The van der Waals surface area contributed by atoms with E-state index in [1.807, 2.05) is 55.6 Å². The van der Waals surface area contributed by atoms with Gasteiger partial charge < -0.3 is 4.90 Å². The summed E-state index contributed by atoms with van der Waals surface area (Å²) >= 11 is 0. The monoisotopic (exact) mass is 252 g/mol. The molecule has 95 valence electrons. The lowest BCUT2D eigenvalue weighted by atomic mass is 10.2. The molecular formula is C15H14N3O. The lowest BCUT2D eigenvalue weighted by molar-refractivity contribution is 0.563. The van der Waals surface area contributed by atoms with Crippen molar-refractivity contribution in [3.8, 4) is 0 Å². The minimum absolute atomic E-state index is 0.413. The molecule has 0 heterocycles. The van der Waals surface area contributed by atoms with E-state index in [0.29, 0.717) is 11.3 Å². The van der Waals surface area contributed by atoms with E-state index in [-0.39, 0.29) is 0 Å². The van der Waals surface area contributed by atoms with Crippen molar-refractivity contribution in [2.45, 2.75) is 0 Å². The van der Waals surface area contributed by atoms with Gasteiger partial charge >= 0.3 is 0 Å². The van der Waals surface area contributed by atoms with E-state index >= 15 is 0 Å². The minimum atomic E-state index is 0.413. The highest BCUT2D eigenvalue weighted by Crippen LogP contribution is 2.22. The van der Waals surface area contributed by atoms with Crippen LogP contribution < -0.4 is 4.90 Å². The first-order valence-electron chi connectivity index (χ1n) is 5.87.